The van der Waals surface area contributed by atoms with Crippen molar-refractivity contribution in [3.63, 3.8) is 0 Å². The minimum Gasteiger partial charge on any atom is -0.456 e. The second-order valence-electron chi connectivity index (χ2n) is 12.1. The van der Waals surface area contributed by atoms with E-state index in [0.717, 1.165) is 24.2 Å². The molecule has 0 aliphatic rings. The van der Waals surface area contributed by atoms with E-state index >= 15 is 0 Å². The van der Waals surface area contributed by atoms with Crippen LogP contribution in [-0.2, 0) is 29.0 Å². The van der Waals surface area contributed by atoms with E-state index in [0.29, 0.717) is 12.8 Å². The highest BCUT2D eigenvalue weighted by Gasteiger charge is 2.32. The third-order valence-corrected chi connectivity index (χ3v) is 8.74. The smallest absolute Gasteiger partial charge is 0.311 e. The summed E-state index contributed by atoms with van der Waals surface area (Å²) in [6, 6.07) is 32.9. The molecule has 0 heterocycles. The van der Waals surface area contributed by atoms with Crippen molar-refractivity contribution in [3.8, 4) is 0 Å². The Morgan fingerprint density at radius 3 is 1.98 bits per heavy atom. The number of carbonyl (C=O) groups is 1. The van der Waals surface area contributed by atoms with Crippen LogP contribution in [0.1, 0.15) is 70.9 Å². The van der Waals surface area contributed by atoms with Gasteiger partial charge in [0.05, 0.1) is 12.0 Å². The van der Waals surface area contributed by atoms with Gasteiger partial charge in [0, 0.05) is 19.1 Å². The van der Waals surface area contributed by atoms with E-state index < -0.39 is 18.1 Å². The van der Waals surface area contributed by atoms with Crippen LogP contribution in [0.25, 0.3) is 0 Å². The van der Waals surface area contributed by atoms with E-state index in [-0.39, 0.29) is 12.0 Å². The van der Waals surface area contributed by atoms with Crippen molar-refractivity contribution in [2.24, 2.45) is 5.92 Å². The van der Waals surface area contributed by atoms with Gasteiger partial charge >= 0.3 is 5.97 Å². The molecule has 0 spiro atoms. The molecule has 0 amide bonds. The van der Waals surface area contributed by atoms with Gasteiger partial charge in [0.1, 0.15) is 6.10 Å². The molecule has 43 heavy (non-hydrogen) atoms. The number of hydrogen-bond donors (Lipinski definition) is 1. The van der Waals surface area contributed by atoms with Crippen LogP contribution in [0.2, 0.25) is 0 Å². The van der Waals surface area contributed by atoms with Crippen LogP contribution in [0.4, 0.5) is 0 Å². The summed E-state index contributed by atoms with van der Waals surface area (Å²) in [5.41, 5.74) is 9.67. The molecule has 4 heteroatoms. The number of nitrogens with zero attached hydrogens (tertiary/aromatic N) is 1. The van der Waals surface area contributed by atoms with Crippen LogP contribution >= 0.6 is 0 Å². The molecule has 4 atom stereocenters. The highest BCUT2D eigenvalue weighted by molar-refractivity contribution is 5.73. The number of aliphatic hydroxyl groups excluding tert-OH is 1. The zero-order valence-corrected chi connectivity index (χ0v) is 26.6. The van der Waals surface area contributed by atoms with Gasteiger partial charge in [0.15, 0.2) is 0 Å². The van der Waals surface area contributed by atoms with Gasteiger partial charge in [0.25, 0.3) is 0 Å². The van der Waals surface area contributed by atoms with Crippen molar-refractivity contribution < 1.29 is 14.6 Å². The average molecular weight is 578 g/mol. The summed E-state index contributed by atoms with van der Waals surface area (Å²) in [7, 11) is 0. The first-order chi connectivity index (χ1) is 20.6. The predicted octanol–water partition coefficient (Wildman–Crippen LogP) is 8.23. The van der Waals surface area contributed by atoms with Crippen LogP contribution in [0.5, 0.6) is 0 Å². The molecule has 0 aromatic heterocycles. The Morgan fingerprint density at radius 1 is 0.767 bits per heavy atom. The van der Waals surface area contributed by atoms with E-state index in [1.807, 2.05) is 60.7 Å². The lowest BCUT2D eigenvalue weighted by atomic mass is 9.95. The standard InChI is InChI=1S/C39H47NO3/c1-27-23-29(3)36(30(4)24-27)26-40(25-35-20-14-13-15-28(35)2)32(6)38(34-18-11-8-12-19-34)43-39(42)31(5)37(41)22-21-33-16-9-7-10-17-33/h7-20,23-24,31-32,37-38,41H,21-22,25-26H2,1-6H3/t31?,32-,37?,38-/m0/s1. The fourth-order valence-electron chi connectivity index (χ4n) is 5.89. The van der Waals surface area contributed by atoms with Crippen molar-refractivity contribution in [1.29, 1.82) is 0 Å². The number of hydrogen-bond acceptors (Lipinski definition) is 4. The summed E-state index contributed by atoms with van der Waals surface area (Å²) in [6.45, 7) is 14.0. The molecule has 4 aromatic rings. The molecule has 0 aliphatic heterocycles. The number of rotatable bonds is 13. The maximum absolute atomic E-state index is 13.6. The van der Waals surface area contributed by atoms with Crippen molar-refractivity contribution in [2.45, 2.75) is 85.7 Å². The first-order valence-corrected chi connectivity index (χ1v) is 15.5. The molecule has 0 fully saturated rings. The molecule has 0 aliphatic carbocycles. The van der Waals surface area contributed by atoms with Gasteiger partial charge in [-0.3, -0.25) is 9.69 Å². The monoisotopic (exact) mass is 577 g/mol. The molecule has 226 valence electrons. The second-order valence-corrected chi connectivity index (χ2v) is 12.1. The Morgan fingerprint density at radius 2 is 1.35 bits per heavy atom. The Hall–Kier alpha value is -3.73. The van der Waals surface area contributed by atoms with E-state index in [9.17, 15) is 9.90 Å². The number of esters is 1. The van der Waals surface area contributed by atoms with Crippen molar-refractivity contribution in [3.05, 3.63) is 142 Å². The van der Waals surface area contributed by atoms with Gasteiger partial charge in [-0.1, -0.05) is 103 Å². The van der Waals surface area contributed by atoms with Crippen LogP contribution < -0.4 is 0 Å². The Balaban J connectivity index is 1.61. The fraction of sp³-hybridized carbons (Fsp3) is 0.359. The summed E-state index contributed by atoms with van der Waals surface area (Å²) in [4.78, 5) is 16.0. The number of aliphatic hydroxyl groups is 1. The lowest BCUT2D eigenvalue weighted by molar-refractivity contribution is -0.161. The van der Waals surface area contributed by atoms with Crippen LogP contribution in [-0.4, -0.2) is 28.1 Å². The maximum Gasteiger partial charge on any atom is 0.311 e. The first kappa shape index (κ1) is 32.2. The zero-order valence-electron chi connectivity index (χ0n) is 26.6. The van der Waals surface area contributed by atoms with E-state index in [1.54, 1.807) is 6.92 Å². The molecule has 0 radical (unpaired) electrons. The largest absolute Gasteiger partial charge is 0.456 e. The summed E-state index contributed by atoms with van der Waals surface area (Å²) in [5, 5.41) is 11.0. The first-order valence-electron chi connectivity index (χ1n) is 15.5. The van der Waals surface area contributed by atoms with Crippen molar-refractivity contribution >= 4 is 5.97 Å². The normalized spacial score (nSPS) is 14.2. The third-order valence-electron chi connectivity index (χ3n) is 8.74. The van der Waals surface area contributed by atoms with Gasteiger partial charge in [-0.15, -0.1) is 0 Å². The topological polar surface area (TPSA) is 49.8 Å². The second kappa shape index (κ2) is 15.1. The summed E-state index contributed by atoms with van der Waals surface area (Å²) in [5.74, 6) is -1.02. The average Bonchev–Trinajstić information content (AvgIpc) is 3.00. The highest BCUT2D eigenvalue weighted by Crippen LogP contribution is 2.31. The minimum absolute atomic E-state index is 0.139. The number of carbonyl (C=O) groups excluding carboxylic acids is 1. The van der Waals surface area contributed by atoms with Gasteiger partial charge in [0.2, 0.25) is 0 Å². The van der Waals surface area contributed by atoms with Gasteiger partial charge in [-0.25, -0.2) is 0 Å². The Kier molecular flexibility index (Phi) is 11.3. The van der Waals surface area contributed by atoms with E-state index in [1.165, 1.54) is 33.4 Å². The third kappa shape index (κ3) is 8.65. The van der Waals surface area contributed by atoms with Crippen LogP contribution in [0, 0.1) is 33.6 Å². The zero-order chi connectivity index (χ0) is 30.9. The Labute approximate surface area is 258 Å². The van der Waals surface area contributed by atoms with Crippen LogP contribution in [0.3, 0.4) is 0 Å². The number of ether oxygens (including phenoxy) is 1. The lowest BCUT2D eigenvalue weighted by Gasteiger charge is -2.36. The lowest BCUT2D eigenvalue weighted by Crippen LogP contribution is -2.40. The van der Waals surface area contributed by atoms with Gasteiger partial charge in [-0.2, -0.15) is 0 Å². The maximum atomic E-state index is 13.6. The molecule has 4 aromatic carbocycles. The molecule has 0 saturated heterocycles. The van der Waals surface area contributed by atoms with Gasteiger partial charge in [-0.05, 0) is 93.3 Å². The fourth-order valence-corrected chi connectivity index (χ4v) is 5.89. The Bertz CT molecular complexity index is 1440. The predicted molar refractivity (Wildman–Crippen MR) is 176 cm³/mol. The molecule has 0 bridgehead atoms. The summed E-state index contributed by atoms with van der Waals surface area (Å²) < 4.78 is 6.36. The summed E-state index contributed by atoms with van der Waals surface area (Å²) in [6.07, 6.45) is -0.0950. The molecule has 4 rings (SSSR count). The highest BCUT2D eigenvalue weighted by atomic mass is 16.5. The van der Waals surface area contributed by atoms with Crippen molar-refractivity contribution in [1.82, 2.24) is 4.90 Å². The molecule has 0 saturated carbocycles. The summed E-state index contributed by atoms with van der Waals surface area (Å²) >= 11 is 0. The molecule has 2 unspecified atom stereocenters. The number of aryl methyl sites for hydroxylation is 5. The van der Waals surface area contributed by atoms with E-state index in [4.69, 9.17) is 4.74 Å². The molecular formula is C39H47NO3. The molecule has 4 nitrogen and oxygen atoms in total. The van der Waals surface area contributed by atoms with Crippen LogP contribution in [0.15, 0.2) is 97.1 Å². The molecule has 1 N–H and O–H groups in total. The van der Waals surface area contributed by atoms with E-state index in [2.05, 4.69) is 75.9 Å². The SMILES string of the molecule is Cc1cc(C)c(CN(Cc2ccccc2C)[C@@H](C)[C@H](OC(=O)C(C)C(O)CCc2ccccc2)c2ccccc2)c(C)c1. The van der Waals surface area contributed by atoms with Gasteiger partial charge < -0.3 is 9.84 Å². The quantitative estimate of drug-likeness (QED) is 0.163. The number of benzene rings is 4. The minimum atomic E-state index is -0.791. The molecular weight excluding hydrogens is 530 g/mol. The van der Waals surface area contributed by atoms with Crippen molar-refractivity contribution in [2.75, 3.05) is 0 Å².